The third kappa shape index (κ3) is 5.36. The Morgan fingerprint density at radius 3 is 2.45 bits per heavy atom. The average Bonchev–Trinajstić information content (AvgIpc) is 2.79. The molecular weight excluding hydrogens is 420 g/mol. The number of rotatable bonds is 8. The van der Waals surface area contributed by atoms with Gasteiger partial charge in [0.15, 0.2) is 0 Å². The monoisotopic (exact) mass is 448 g/mol. The van der Waals surface area contributed by atoms with Gasteiger partial charge in [-0.3, -0.25) is 4.79 Å². The smallest absolute Gasteiger partial charge is 0.255 e. The summed E-state index contributed by atoms with van der Waals surface area (Å²) in [6.45, 7) is 5.61. The zero-order valence-electron chi connectivity index (χ0n) is 18.0. The lowest BCUT2D eigenvalue weighted by Crippen LogP contribution is -2.40. The van der Waals surface area contributed by atoms with Crippen LogP contribution in [-0.4, -0.2) is 58.7 Å². The maximum Gasteiger partial charge on any atom is 0.255 e. The normalized spacial score (nSPS) is 15.8. The van der Waals surface area contributed by atoms with Crippen LogP contribution < -0.4 is 14.8 Å². The van der Waals surface area contributed by atoms with Gasteiger partial charge in [0.1, 0.15) is 11.5 Å². The molecule has 1 N–H and O–H groups in total. The quantitative estimate of drug-likeness (QED) is 0.667. The largest absolute Gasteiger partial charge is 0.496 e. The minimum Gasteiger partial charge on any atom is -0.496 e. The summed E-state index contributed by atoms with van der Waals surface area (Å²) in [5, 5.41) is 2.91. The van der Waals surface area contributed by atoms with Crippen molar-refractivity contribution >= 4 is 15.9 Å². The minimum absolute atomic E-state index is 0.0501. The molecule has 0 aliphatic carbocycles. The molecule has 1 heterocycles. The Morgan fingerprint density at radius 2 is 1.84 bits per heavy atom. The van der Waals surface area contributed by atoms with E-state index in [9.17, 15) is 13.2 Å². The highest BCUT2D eigenvalue weighted by Gasteiger charge is 2.28. The summed E-state index contributed by atoms with van der Waals surface area (Å²) < 4.78 is 43.3. The topological polar surface area (TPSA) is 94.2 Å². The number of nitrogens with zero attached hydrogens (tertiary/aromatic N) is 1. The lowest BCUT2D eigenvalue weighted by molar-refractivity contribution is 0.0730. The van der Waals surface area contributed by atoms with Gasteiger partial charge < -0.3 is 19.5 Å². The first-order chi connectivity index (χ1) is 14.9. The number of amides is 1. The molecule has 1 fully saturated rings. The Kier molecular flexibility index (Phi) is 7.53. The first-order valence-corrected chi connectivity index (χ1v) is 11.6. The van der Waals surface area contributed by atoms with Gasteiger partial charge in [-0.25, -0.2) is 8.42 Å². The Morgan fingerprint density at radius 1 is 1.16 bits per heavy atom. The number of benzene rings is 2. The molecule has 0 saturated carbocycles. The molecule has 0 spiro atoms. The lowest BCUT2D eigenvalue weighted by Gasteiger charge is -2.26. The molecule has 1 atom stereocenters. The molecule has 1 saturated heterocycles. The maximum atomic E-state index is 13.0. The minimum atomic E-state index is -3.73. The maximum absolute atomic E-state index is 13.0. The standard InChI is InChI=1S/C22H28N2O6S/c1-4-30-18-7-5-17(6-8-18)16(2)23-22(25)20-15-19(9-10-21(20)28-3)31(26,27)24-11-13-29-14-12-24/h5-10,15-16H,4,11-14H2,1-3H3,(H,23,25)/t16-/m1/s1. The molecule has 1 amide bonds. The Labute approximate surface area is 183 Å². The van der Waals surface area contributed by atoms with Crippen molar-refractivity contribution in [3.05, 3.63) is 53.6 Å². The molecule has 1 aliphatic heterocycles. The van der Waals surface area contributed by atoms with Crippen LogP contribution in [0, 0.1) is 0 Å². The highest BCUT2D eigenvalue weighted by Crippen LogP contribution is 2.26. The van der Waals surface area contributed by atoms with Crippen LogP contribution in [0.4, 0.5) is 0 Å². The Bertz CT molecular complexity index is 1000. The highest BCUT2D eigenvalue weighted by molar-refractivity contribution is 7.89. The summed E-state index contributed by atoms with van der Waals surface area (Å²) in [5.74, 6) is 0.641. The van der Waals surface area contributed by atoms with Gasteiger partial charge in [0.05, 0.1) is 43.4 Å². The molecule has 0 aromatic heterocycles. The first-order valence-electron chi connectivity index (χ1n) is 10.2. The van der Waals surface area contributed by atoms with Crippen molar-refractivity contribution in [2.75, 3.05) is 40.0 Å². The molecule has 168 valence electrons. The average molecular weight is 449 g/mol. The fourth-order valence-electron chi connectivity index (χ4n) is 3.34. The SMILES string of the molecule is CCOc1ccc([C@@H](C)NC(=O)c2cc(S(=O)(=O)N3CCOCC3)ccc2OC)cc1. The van der Waals surface area contributed by atoms with E-state index in [0.717, 1.165) is 11.3 Å². The van der Waals surface area contributed by atoms with E-state index in [2.05, 4.69) is 5.32 Å². The number of methoxy groups -OCH3 is 1. The zero-order valence-corrected chi connectivity index (χ0v) is 18.8. The van der Waals surface area contributed by atoms with Crippen molar-refractivity contribution in [2.45, 2.75) is 24.8 Å². The molecular formula is C22H28N2O6S. The van der Waals surface area contributed by atoms with Gasteiger partial charge in [-0.05, 0) is 49.7 Å². The van der Waals surface area contributed by atoms with Gasteiger partial charge in [-0.2, -0.15) is 4.31 Å². The lowest BCUT2D eigenvalue weighted by atomic mass is 10.1. The molecule has 2 aromatic rings. The Balaban J connectivity index is 1.81. The van der Waals surface area contributed by atoms with E-state index >= 15 is 0 Å². The van der Waals surface area contributed by atoms with Crippen molar-refractivity contribution < 1.29 is 27.4 Å². The van der Waals surface area contributed by atoms with Gasteiger partial charge in [0, 0.05) is 13.1 Å². The second-order valence-corrected chi connectivity index (χ2v) is 9.01. The molecule has 31 heavy (non-hydrogen) atoms. The molecule has 3 rings (SSSR count). The van der Waals surface area contributed by atoms with E-state index in [4.69, 9.17) is 14.2 Å². The van der Waals surface area contributed by atoms with Gasteiger partial charge in [0.25, 0.3) is 5.91 Å². The van der Waals surface area contributed by atoms with E-state index in [1.54, 1.807) is 0 Å². The van der Waals surface area contributed by atoms with Crippen LogP contribution in [0.25, 0.3) is 0 Å². The summed E-state index contributed by atoms with van der Waals surface area (Å²) in [6.07, 6.45) is 0. The number of nitrogens with one attached hydrogen (secondary N) is 1. The van der Waals surface area contributed by atoms with Gasteiger partial charge in [0.2, 0.25) is 10.0 Å². The van der Waals surface area contributed by atoms with Gasteiger partial charge >= 0.3 is 0 Å². The number of carbonyl (C=O) groups excluding carboxylic acids is 1. The Hall–Kier alpha value is -2.62. The van der Waals surface area contributed by atoms with E-state index < -0.39 is 15.9 Å². The number of hydrogen-bond acceptors (Lipinski definition) is 6. The van der Waals surface area contributed by atoms with Crippen LogP contribution in [-0.2, 0) is 14.8 Å². The third-order valence-electron chi connectivity index (χ3n) is 5.06. The van der Waals surface area contributed by atoms with Crippen LogP contribution in [0.2, 0.25) is 0 Å². The number of hydrogen-bond donors (Lipinski definition) is 1. The summed E-state index contributed by atoms with van der Waals surface area (Å²) >= 11 is 0. The summed E-state index contributed by atoms with van der Waals surface area (Å²) in [7, 11) is -2.29. The second-order valence-electron chi connectivity index (χ2n) is 7.08. The predicted molar refractivity (Wildman–Crippen MR) is 116 cm³/mol. The van der Waals surface area contributed by atoms with Crippen molar-refractivity contribution in [3.63, 3.8) is 0 Å². The molecule has 8 nitrogen and oxygen atoms in total. The van der Waals surface area contributed by atoms with Gasteiger partial charge in [-0.1, -0.05) is 12.1 Å². The molecule has 0 radical (unpaired) electrons. The molecule has 1 aliphatic rings. The van der Waals surface area contributed by atoms with Crippen LogP contribution in [0.3, 0.4) is 0 Å². The van der Waals surface area contributed by atoms with E-state index in [-0.39, 0.29) is 29.6 Å². The van der Waals surface area contributed by atoms with Crippen molar-refractivity contribution in [3.8, 4) is 11.5 Å². The number of morpholine rings is 1. The second kappa shape index (κ2) is 10.1. The third-order valence-corrected chi connectivity index (χ3v) is 6.96. The van der Waals surface area contributed by atoms with Gasteiger partial charge in [-0.15, -0.1) is 0 Å². The van der Waals surface area contributed by atoms with Crippen LogP contribution in [0.15, 0.2) is 47.4 Å². The zero-order chi connectivity index (χ0) is 22.4. The van der Waals surface area contributed by atoms with E-state index in [1.807, 2.05) is 38.1 Å². The van der Waals surface area contributed by atoms with Crippen molar-refractivity contribution in [1.82, 2.24) is 9.62 Å². The highest BCUT2D eigenvalue weighted by atomic mass is 32.2. The first kappa shape index (κ1) is 23.1. The van der Waals surface area contributed by atoms with E-state index in [1.165, 1.54) is 29.6 Å². The number of carbonyl (C=O) groups is 1. The number of sulfonamides is 1. The summed E-state index contributed by atoms with van der Waals surface area (Å²) in [4.78, 5) is 13.0. The van der Waals surface area contributed by atoms with Crippen LogP contribution in [0.5, 0.6) is 11.5 Å². The molecule has 2 aromatic carbocycles. The van der Waals surface area contributed by atoms with Crippen molar-refractivity contribution in [1.29, 1.82) is 0 Å². The van der Waals surface area contributed by atoms with Crippen molar-refractivity contribution in [2.24, 2.45) is 0 Å². The molecule has 0 unspecified atom stereocenters. The van der Waals surface area contributed by atoms with Crippen LogP contribution in [0.1, 0.15) is 35.8 Å². The summed E-state index contributed by atoms with van der Waals surface area (Å²) in [6, 6.07) is 11.5. The summed E-state index contributed by atoms with van der Waals surface area (Å²) in [5.41, 5.74) is 1.06. The van der Waals surface area contributed by atoms with Crippen LogP contribution >= 0.6 is 0 Å². The molecule has 9 heteroatoms. The fourth-order valence-corrected chi connectivity index (χ4v) is 4.77. The number of ether oxygens (including phenoxy) is 3. The predicted octanol–water partition coefficient (Wildman–Crippen LogP) is 2.61. The fraction of sp³-hybridized carbons (Fsp3) is 0.409. The van der Waals surface area contributed by atoms with E-state index in [0.29, 0.717) is 25.6 Å². The molecule has 0 bridgehead atoms.